The first-order valence-corrected chi connectivity index (χ1v) is 8.37. The second-order valence-electron chi connectivity index (χ2n) is 5.92. The lowest BCUT2D eigenvalue weighted by molar-refractivity contribution is -0.134. The molecule has 0 bridgehead atoms. The number of hydrogen-bond donors (Lipinski definition) is 3. The second-order valence-corrected chi connectivity index (χ2v) is 5.92. The van der Waals surface area contributed by atoms with Gasteiger partial charge in [0.1, 0.15) is 5.75 Å². The average molecular weight is 375 g/mol. The molecule has 2 aromatic carbocycles. The Morgan fingerprint density at radius 1 is 1.04 bits per heavy atom. The molecule has 0 fully saturated rings. The monoisotopic (exact) mass is 375 g/mol. The van der Waals surface area contributed by atoms with Gasteiger partial charge in [0.05, 0.1) is 13.2 Å². The molecule has 2 rings (SSSR count). The van der Waals surface area contributed by atoms with Gasteiger partial charge in [-0.2, -0.15) is 0 Å². The summed E-state index contributed by atoms with van der Waals surface area (Å²) in [5.41, 5.74) is 0. The molecule has 2 aromatic rings. The normalized spacial score (nSPS) is 11.9. The quantitative estimate of drug-likeness (QED) is 0.607. The van der Waals surface area contributed by atoms with E-state index < -0.39 is 11.9 Å². The molecule has 1 unspecified atom stereocenters. The van der Waals surface area contributed by atoms with Crippen molar-refractivity contribution in [2.45, 2.75) is 12.5 Å². The number of likely N-dealkylation sites (N-methyl/N-ethyl adjacent to an activating group) is 1. The Kier molecular flexibility index (Phi) is 9.57. The summed E-state index contributed by atoms with van der Waals surface area (Å²) in [7, 11) is 3.94. The first-order chi connectivity index (χ1) is 12.8. The molecule has 0 aromatic heterocycles. The van der Waals surface area contributed by atoms with Crippen LogP contribution in [-0.4, -0.2) is 65.5 Å². The van der Waals surface area contributed by atoms with Crippen molar-refractivity contribution in [1.82, 2.24) is 4.90 Å². The van der Waals surface area contributed by atoms with E-state index in [4.69, 9.17) is 14.9 Å². The summed E-state index contributed by atoms with van der Waals surface area (Å²) in [6.45, 7) is 0.767. The molecule has 146 valence electrons. The fourth-order valence-electron chi connectivity index (χ4n) is 2.28. The van der Waals surface area contributed by atoms with E-state index in [-0.39, 0.29) is 12.6 Å². The Morgan fingerprint density at radius 3 is 2.19 bits per heavy atom. The summed E-state index contributed by atoms with van der Waals surface area (Å²) >= 11 is 0. The predicted molar refractivity (Wildman–Crippen MR) is 103 cm³/mol. The molecule has 1 atom stereocenters. The number of nitrogens with zero attached hydrogens (tertiary/aromatic N) is 1. The second kappa shape index (κ2) is 11.7. The van der Waals surface area contributed by atoms with Gasteiger partial charge >= 0.3 is 11.9 Å². The third-order valence-electron chi connectivity index (χ3n) is 3.77. The Morgan fingerprint density at radius 2 is 1.63 bits per heavy atom. The molecule has 0 amide bonds. The number of fused-ring (bicyclic) bond motifs is 1. The molecule has 0 aliphatic carbocycles. The Bertz CT molecular complexity index is 751. The standard InChI is InChI=1S/C16H21NO2.C4H4O4/c1-17(2)14(12-18)10-11-19-16-9-5-7-13-6-3-4-8-15(13)16;5-3(6)1-2-4(7)8/h3-9,14,18H,10-12H2,1-2H3;1-2H,(H,5,6)(H,7,8)/b;2-1-. The zero-order chi connectivity index (χ0) is 20.2. The van der Waals surface area contributed by atoms with E-state index in [1.54, 1.807) is 0 Å². The van der Waals surface area contributed by atoms with E-state index in [1.807, 2.05) is 43.3 Å². The first-order valence-electron chi connectivity index (χ1n) is 8.37. The molecule has 0 saturated carbocycles. The van der Waals surface area contributed by atoms with E-state index in [9.17, 15) is 14.7 Å². The minimum atomic E-state index is -1.26. The lowest BCUT2D eigenvalue weighted by Crippen LogP contribution is -2.32. The summed E-state index contributed by atoms with van der Waals surface area (Å²) in [6.07, 6.45) is 1.93. The average Bonchev–Trinajstić information content (AvgIpc) is 2.64. The van der Waals surface area contributed by atoms with Crippen LogP contribution in [0.15, 0.2) is 54.6 Å². The molecule has 27 heavy (non-hydrogen) atoms. The number of carbonyl (C=O) groups is 2. The van der Waals surface area contributed by atoms with Gasteiger partial charge in [0.25, 0.3) is 0 Å². The van der Waals surface area contributed by atoms with Crippen molar-refractivity contribution in [3.05, 3.63) is 54.6 Å². The summed E-state index contributed by atoms with van der Waals surface area (Å²) in [6, 6.07) is 14.4. The smallest absolute Gasteiger partial charge is 0.328 e. The van der Waals surface area contributed by atoms with Crippen molar-refractivity contribution in [3.63, 3.8) is 0 Å². The van der Waals surface area contributed by atoms with Gasteiger partial charge in [0, 0.05) is 23.6 Å². The number of rotatable bonds is 8. The van der Waals surface area contributed by atoms with Crippen LogP contribution in [0.2, 0.25) is 0 Å². The summed E-state index contributed by atoms with van der Waals surface area (Å²) in [5.74, 6) is -1.60. The lowest BCUT2D eigenvalue weighted by atomic mass is 10.1. The summed E-state index contributed by atoms with van der Waals surface area (Å²) in [5, 5.41) is 27.2. The molecule has 0 aliphatic heterocycles. The SMILES string of the molecule is CN(C)C(CO)CCOc1cccc2ccccc12.O=C(O)/C=C\C(=O)O. The van der Waals surface area contributed by atoms with E-state index in [0.717, 1.165) is 17.6 Å². The third-order valence-corrected chi connectivity index (χ3v) is 3.77. The van der Waals surface area contributed by atoms with Crippen LogP contribution in [0.1, 0.15) is 6.42 Å². The fraction of sp³-hybridized carbons (Fsp3) is 0.300. The van der Waals surface area contributed by atoms with Gasteiger partial charge in [-0.25, -0.2) is 9.59 Å². The van der Waals surface area contributed by atoms with Crippen molar-refractivity contribution >= 4 is 22.7 Å². The van der Waals surface area contributed by atoms with Crippen molar-refractivity contribution in [1.29, 1.82) is 0 Å². The largest absolute Gasteiger partial charge is 0.493 e. The number of carboxylic acid groups (broad SMARTS) is 2. The Labute approximate surface area is 158 Å². The molecule has 7 nitrogen and oxygen atoms in total. The Balaban J connectivity index is 0.000000387. The highest BCUT2D eigenvalue weighted by molar-refractivity contribution is 5.89. The van der Waals surface area contributed by atoms with Gasteiger partial charge in [-0.15, -0.1) is 0 Å². The maximum atomic E-state index is 9.55. The van der Waals surface area contributed by atoms with Crippen LogP contribution in [0.5, 0.6) is 5.75 Å². The fourth-order valence-corrected chi connectivity index (χ4v) is 2.28. The van der Waals surface area contributed by atoms with Gasteiger partial charge in [-0.1, -0.05) is 36.4 Å². The van der Waals surface area contributed by atoms with Gasteiger partial charge in [-0.05, 0) is 32.0 Å². The molecule has 0 radical (unpaired) electrons. The zero-order valence-electron chi connectivity index (χ0n) is 15.4. The topological polar surface area (TPSA) is 107 Å². The van der Waals surface area contributed by atoms with E-state index in [0.29, 0.717) is 18.8 Å². The van der Waals surface area contributed by atoms with Crippen LogP contribution in [0.25, 0.3) is 10.8 Å². The van der Waals surface area contributed by atoms with Crippen LogP contribution >= 0.6 is 0 Å². The van der Waals surface area contributed by atoms with Crippen LogP contribution in [-0.2, 0) is 9.59 Å². The van der Waals surface area contributed by atoms with Crippen molar-refractivity contribution in [2.24, 2.45) is 0 Å². The van der Waals surface area contributed by atoms with Crippen molar-refractivity contribution < 1.29 is 29.6 Å². The minimum absolute atomic E-state index is 0.148. The number of hydrogen-bond acceptors (Lipinski definition) is 5. The maximum absolute atomic E-state index is 9.55. The van der Waals surface area contributed by atoms with Gasteiger partial charge in [0.15, 0.2) is 0 Å². The zero-order valence-corrected chi connectivity index (χ0v) is 15.4. The van der Waals surface area contributed by atoms with E-state index in [2.05, 4.69) is 18.2 Å². The van der Waals surface area contributed by atoms with Crippen LogP contribution in [0.3, 0.4) is 0 Å². The molecule has 7 heteroatoms. The molecule has 3 N–H and O–H groups in total. The van der Waals surface area contributed by atoms with Gasteiger partial charge in [-0.3, -0.25) is 0 Å². The number of aliphatic carboxylic acids is 2. The van der Waals surface area contributed by atoms with Crippen molar-refractivity contribution in [3.8, 4) is 5.75 Å². The highest BCUT2D eigenvalue weighted by Gasteiger charge is 2.10. The van der Waals surface area contributed by atoms with Gasteiger partial charge in [0.2, 0.25) is 0 Å². The number of aliphatic hydroxyl groups is 1. The number of aliphatic hydroxyl groups excluding tert-OH is 1. The molecular weight excluding hydrogens is 350 g/mol. The minimum Gasteiger partial charge on any atom is -0.493 e. The third kappa shape index (κ3) is 8.35. The predicted octanol–water partition coefficient (Wildman–Crippen LogP) is 2.24. The Hall–Kier alpha value is -2.90. The number of benzene rings is 2. The summed E-state index contributed by atoms with van der Waals surface area (Å²) in [4.78, 5) is 21.1. The molecule has 0 heterocycles. The number of carboxylic acids is 2. The first kappa shape index (κ1) is 22.1. The van der Waals surface area contributed by atoms with Crippen molar-refractivity contribution in [2.75, 3.05) is 27.3 Å². The van der Waals surface area contributed by atoms with E-state index >= 15 is 0 Å². The highest BCUT2D eigenvalue weighted by atomic mass is 16.5. The molecular formula is C20H25NO6. The maximum Gasteiger partial charge on any atom is 0.328 e. The van der Waals surface area contributed by atoms with Gasteiger partial charge < -0.3 is 25.0 Å². The van der Waals surface area contributed by atoms with Crippen LogP contribution in [0.4, 0.5) is 0 Å². The number of ether oxygens (including phenoxy) is 1. The highest BCUT2D eigenvalue weighted by Crippen LogP contribution is 2.25. The molecule has 0 spiro atoms. The van der Waals surface area contributed by atoms with Crippen LogP contribution in [0, 0.1) is 0 Å². The molecule has 0 aliphatic rings. The van der Waals surface area contributed by atoms with Crippen LogP contribution < -0.4 is 4.74 Å². The van der Waals surface area contributed by atoms with E-state index in [1.165, 1.54) is 5.39 Å². The summed E-state index contributed by atoms with van der Waals surface area (Å²) < 4.78 is 5.86. The molecule has 0 saturated heterocycles. The lowest BCUT2D eigenvalue weighted by Gasteiger charge is -2.22.